The Bertz CT molecular complexity index is 338. The standard InChI is InChI=1S/C16H27NO/c1-5-13(2)15-10-6-7-11-16(15)18-14(3)9-8-12-17-4/h6-7,10-11,13-14,17H,5,8-9,12H2,1-4H3. The van der Waals surface area contributed by atoms with Crippen molar-refractivity contribution in [2.75, 3.05) is 13.6 Å². The van der Waals surface area contributed by atoms with Crippen molar-refractivity contribution in [3.8, 4) is 5.75 Å². The Labute approximate surface area is 112 Å². The predicted octanol–water partition coefficient (Wildman–Crippen LogP) is 3.97. The van der Waals surface area contributed by atoms with Crippen molar-refractivity contribution in [3.05, 3.63) is 29.8 Å². The number of hydrogen-bond donors (Lipinski definition) is 1. The van der Waals surface area contributed by atoms with E-state index in [2.05, 4.69) is 50.4 Å². The molecule has 102 valence electrons. The summed E-state index contributed by atoms with van der Waals surface area (Å²) >= 11 is 0. The van der Waals surface area contributed by atoms with Crippen LogP contribution in [0.2, 0.25) is 0 Å². The van der Waals surface area contributed by atoms with Crippen LogP contribution in [0, 0.1) is 0 Å². The van der Waals surface area contributed by atoms with E-state index in [9.17, 15) is 0 Å². The number of rotatable bonds is 8. The third-order valence-electron chi connectivity index (χ3n) is 3.43. The lowest BCUT2D eigenvalue weighted by Gasteiger charge is -2.20. The Balaban J connectivity index is 2.60. The van der Waals surface area contributed by atoms with Crippen LogP contribution in [0.4, 0.5) is 0 Å². The van der Waals surface area contributed by atoms with Crippen molar-refractivity contribution in [2.24, 2.45) is 0 Å². The highest BCUT2D eigenvalue weighted by atomic mass is 16.5. The molecule has 18 heavy (non-hydrogen) atoms. The van der Waals surface area contributed by atoms with Crippen LogP contribution < -0.4 is 10.1 Å². The average molecular weight is 249 g/mol. The molecule has 0 spiro atoms. The summed E-state index contributed by atoms with van der Waals surface area (Å²) in [7, 11) is 1.99. The van der Waals surface area contributed by atoms with Gasteiger partial charge in [0.2, 0.25) is 0 Å². The molecule has 0 heterocycles. The zero-order chi connectivity index (χ0) is 13.4. The van der Waals surface area contributed by atoms with E-state index in [4.69, 9.17) is 4.74 Å². The Hall–Kier alpha value is -1.02. The first-order chi connectivity index (χ1) is 8.69. The monoisotopic (exact) mass is 249 g/mol. The first kappa shape index (κ1) is 15.0. The summed E-state index contributed by atoms with van der Waals surface area (Å²) in [6.45, 7) is 7.69. The predicted molar refractivity (Wildman–Crippen MR) is 78.4 cm³/mol. The van der Waals surface area contributed by atoms with Gasteiger partial charge in [0.05, 0.1) is 6.10 Å². The molecule has 0 aliphatic carbocycles. The maximum absolute atomic E-state index is 6.09. The van der Waals surface area contributed by atoms with Crippen molar-refractivity contribution in [2.45, 2.75) is 52.1 Å². The lowest BCUT2D eigenvalue weighted by atomic mass is 9.98. The van der Waals surface area contributed by atoms with Crippen LogP contribution in [0.5, 0.6) is 5.75 Å². The lowest BCUT2D eigenvalue weighted by molar-refractivity contribution is 0.205. The van der Waals surface area contributed by atoms with E-state index in [1.54, 1.807) is 0 Å². The molecule has 1 N–H and O–H groups in total. The summed E-state index contributed by atoms with van der Waals surface area (Å²) < 4.78 is 6.09. The fourth-order valence-corrected chi connectivity index (χ4v) is 2.06. The molecule has 0 radical (unpaired) electrons. The van der Waals surface area contributed by atoms with Crippen LogP contribution in [0.15, 0.2) is 24.3 Å². The van der Waals surface area contributed by atoms with Gasteiger partial charge >= 0.3 is 0 Å². The third-order valence-corrected chi connectivity index (χ3v) is 3.43. The minimum absolute atomic E-state index is 0.281. The molecular formula is C16H27NO. The van der Waals surface area contributed by atoms with Crippen molar-refractivity contribution >= 4 is 0 Å². The molecule has 1 aromatic rings. The molecule has 2 atom stereocenters. The van der Waals surface area contributed by atoms with E-state index in [-0.39, 0.29) is 6.10 Å². The number of para-hydroxylation sites is 1. The van der Waals surface area contributed by atoms with Gasteiger partial charge in [-0.25, -0.2) is 0 Å². The molecular weight excluding hydrogens is 222 g/mol. The first-order valence-electron chi connectivity index (χ1n) is 7.09. The van der Waals surface area contributed by atoms with Gasteiger partial charge in [-0.1, -0.05) is 32.0 Å². The van der Waals surface area contributed by atoms with E-state index in [0.717, 1.165) is 31.6 Å². The molecule has 0 amide bonds. The van der Waals surface area contributed by atoms with E-state index in [1.807, 2.05) is 7.05 Å². The second-order valence-corrected chi connectivity index (χ2v) is 5.02. The molecule has 0 aliphatic heterocycles. The molecule has 0 saturated carbocycles. The van der Waals surface area contributed by atoms with Crippen molar-refractivity contribution < 1.29 is 4.74 Å². The van der Waals surface area contributed by atoms with Crippen molar-refractivity contribution in [1.29, 1.82) is 0 Å². The highest BCUT2D eigenvalue weighted by Crippen LogP contribution is 2.29. The van der Waals surface area contributed by atoms with Gasteiger partial charge in [0.1, 0.15) is 5.75 Å². The second kappa shape index (κ2) is 8.15. The van der Waals surface area contributed by atoms with Gasteiger partial charge in [0.15, 0.2) is 0 Å². The molecule has 2 nitrogen and oxygen atoms in total. The maximum atomic E-state index is 6.09. The Morgan fingerprint density at radius 1 is 1.22 bits per heavy atom. The number of nitrogens with one attached hydrogen (secondary N) is 1. The zero-order valence-corrected chi connectivity index (χ0v) is 12.2. The fraction of sp³-hybridized carbons (Fsp3) is 0.625. The minimum atomic E-state index is 0.281. The van der Waals surface area contributed by atoms with Crippen LogP contribution >= 0.6 is 0 Å². The van der Waals surface area contributed by atoms with E-state index < -0.39 is 0 Å². The van der Waals surface area contributed by atoms with Gasteiger partial charge in [0.25, 0.3) is 0 Å². The summed E-state index contributed by atoms with van der Waals surface area (Å²) in [5.74, 6) is 1.62. The van der Waals surface area contributed by atoms with Gasteiger partial charge in [0, 0.05) is 0 Å². The van der Waals surface area contributed by atoms with Gasteiger partial charge in [-0.15, -0.1) is 0 Å². The molecule has 0 aliphatic rings. The minimum Gasteiger partial charge on any atom is -0.490 e. The molecule has 1 rings (SSSR count). The molecule has 0 aromatic heterocycles. The quantitative estimate of drug-likeness (QED) is 0.704. The molecule has 1 aromatic carbocycles. The van der Waals surface area contributed by atoms with Crippen LogP contribution in [-0.4, -0.2) is 19.7 Å². The van der Waals surface area contributed by atoms with Crippen LogP contribution in [0.1, 0.15) is 51.5 Å². The van der Waals surface area contributed by atoms with Gasteiger partial charge in [-0.2, -0.15) is 0 Å². The second-order valence-electron chi connectivity index (χ2n) is 5.02. The third kappa shape index (κ3) is 4.69. The normalized spacial score (nSPS) is 14.2. The van der Waals surface area contributed by atoms with Gasteiger partial charge in [-0.3, -0.25) is 0 Å². The Kier molecular flexibility index (Phi) is 6.81. The number of ether oxygens (including phenoxy) is 1. The van der Waals surface area contributed by atoms with E-state index in [1.165, 1.54) is 5.56 Å². The van der Waals surface area contributed by atoms with Crippen LogP contribution in [0.3, 0.4) is 0 Å². The highest BCUT2D eigenvalue weighted by molar-refractivity contribution is 5.36. The van der Waals surface area contributed by atoms with Crippen LogP contribution in [-0.2, 0) is 0 Å². The molecule has 2 unspecified atom stereocenters. The summed E-state index contributed by atoms with van der Waals surface area (Å²) in [6, 6.07) is 8.43. The van der Waals surface area contributed by atoms with Gasteiger partial charge < -0.3 is 10.1 Å². The molecule has 2 heteroatoms. The maximum Gasteiger partial charge on any atom is 0.123 e. The number of benzene rings is 1. The van der Waals surface area contributed by atoms with Crippen LogP contribution in [0.25, 0.3) is 0 Å². The lowest BCUT2D eigenvalue weighted by Crippen LogP contribution is -2.16. The zero-order valence-electron chi connectivity index (χ0n) is 12.2. The summed E-state index contributed by atoms with van der Waals surface area (Å²) in [5, 5.41) is 3.17. The van der Waals surface area contributed by atoms with E-state index >= 15 is 0 Å². The SMILES string of the molecule is CCC(C)c1ccccc1OC(C)CCCNC. The molecule has 0 saturated heterocycles. The summed E-state index contributed by atoms with van der Waals surface area (Å²) in [5.41, 5.74) is 1.33. The van der Waals surface area contributed by atoms with E-state index in [0.29, 0.717) is 5.92 Å². The molecule has 0 fully saturated rings. The fourth-order valence-electron chi connectivity index (χ4n) is 2.06. The van der Waals surface area contributed by atoms with Crippen molar-refractivity contribution in [3.63, 3.8) is 0 Å². The number of hydrogen-bond acceptors (Lipinski definition) is 2. The van der Waals surface area contributed by atoms with Crippen molar-refractivity contribution in [1.82, 2.24) is 5.32 Å². The summed E-state index contributed by atoms with van der Waals surface area (Å²) in [6.07, 6.45) is 3.68. The highest BCUT2D eigenvalue weighted by Gasteiger charge is 2.11. The Morgan fingerprint density at radius 3 is 2.61 bits per heavy atom. The molecule has 0 bridgehead atoms. The smallest absolute Gasteiger partial charge is 0.123 e. The average Bonchev–Trinajstić information content (AvgIpc) is 2.39. The topological polar surface area (TPSA) is 21.3 Å². The summed E-state index contributed by atoms with van der Waals surface area (Å²) in [4.78, 5) is 0. The van der Waals surface area contributed by atoms with Gasteiger partial charge in [-0.05, 0) is 57.3 Å². The first-order valence-corrected chi connectivity index (χ1v) is 7.09. The largest absolute Gasteiger partial charge is 0.490 e. The Morgan fingerprint density at radius 2 is 1.94 bits per heavy atom.